The van der Waals surface area contributed by atoms with Crippen molar-refractivity contribution >= 4 is 5.97 Å². The maximum absolute atomic E-state index is 11.1. The number of hydrogen-bond acceptors (Lipinski definition) is 2. The summed E-state index contributed by atoms with van der Waals surface area (Å²) in [6.07, 6.45) is 9.29. The summed E-state index contributed by atoms with van der Waals surface area (Å²) < 4.78 is 5.80. The van der Waals surface area contributed by atoms with Crippen molar-refractivity contribution < 1.29 is 14.6 Å². The van der Waals surface area contributed by atoms with Crippen LogP contribution in [0, 0.1) is 19.8 Å². The Balaban J connectivity index is 1.82. The lowest BCUT2D eigenvalue weighted by Crippen LogP contribution is -2.09. The molecular weight excluding hydrogens is 264 g/mol. The number of aromatic carboxylic acids is 1. The van der Waals surface area contributed by atoms with Crippen LogP contribution in [0.2, 0.25) is 0 Å². The van der Waals surface area contributed by atoms with E-state index in [1.54, 1.807) is 0 Å². The van der Waals surface area contributed by atoms with Crippen molar-refractivity contribution in [2.75, 3.05) is 6.61 Å². The molecule has 0 aromatic heterocycles. The second kappa shape index (κ2) is 7.48. The largest absolute Gasteiger partial charge is 0.494 e. The minimum Gasteiger partial charge on any atom is -0.494 e. The lowest BCUT2D eigenvalue weighted by Gasteiger charge is -2.21. The highest BCUT2D eigenvalue weighted by atomic mass is 16.5. The van der Waals surface area contributed by atoms with Crippen LogP contribution in [0.25, 0.3) is 0 Å². The van der Waals surface area contributed by atoms with E-state index in [1.807, 2.05) is 26.0 Å². The van der Waals surface area contributed by atoms with E-state index in [1.165, 1.54) is 38.5 Å². The first-order chi connectivity index (χ1) is 10.1. The Kier molecular flexibility index (Phi) is 5.66. The molecule has 0 unspecified atom stereocenters. The molecule has 0 spiro atoms. The Labute approximate surface area is 127 Å². The fraction of sp³-hybridized carbons (Fsp3) is 0.611. The summed E-state index contributed by atoms with van der Waals surface area (Å²) in [5.41, 5.74) is 1.93. The number of rotatable bonds is 6. The fourth-order valence-corrected chi connectivity index (χ4v) is 3.38. The lowest BCUT2D eigenvalue weighted by molar-refractivity contribution is 0.0695. The molecule has 0 heterocycles. The Morgan fingerprint density at radius 3 is 2.38 bits per heavy atom. The zero-order chi connectivity index (χ0) is 15.2. The zero-order valence-corrected chi connectivity index (χ0v) is 13.2. The van der Waals surface area contributed by atoms with Gasteiger partial charge in [0.25, 0.3) is 0 Å². The van der Waals surface area contributed by atoms with E-state index in [4.69, 9.17) is 9.84 Å². The molecule has 3 nitrogen and oxygen atoms in total. The summed E-state index contributed by atoms with van der Waals surface area (Å²) in [5, 5.41) is 9.15. The number of carbonyl (C=O) groups is 1. The highest BCUT2D eigenvalue weighted by Crippen LogP contribution is 2.27. The van der Waals surface area contributed by atoms with Gasteiger partial charge in [-0.05, 0) is 55.9 Å². The number of hydrogen-bond donors (Lipinski definition) is 1. The minimum absolute atomic E-state index is 0.393. The van der Waals surface area contributed by atoms with Crippen LogP contribution in [0.3, 0.4) is 0 Å². The van der Waals surface area contributed by atoms with Crippen LogP contribution in [0.15, 0.2) is 12.1 Å². The fourth-order valence-electron chi connectivity index (χ4n) is 3.38. The molecule has 1 aliphatic carbocycles. The molecule has 1 fully saturated rings. The van der Waals surface area contributed by atoms with Crippen LogP contribution in [0.1, 0.15) is 66.4 Å². The second-order valence-electron chi connectivity index (χ2n) is 6.23. The number of carboxylic acids is 1. The van der Waals surface area contributed by atoms with E-state index in [0.717, 1.165) is 35.8 Å². The van der Waals surface area contributed by atoms with Gasteiger partial charge in [0.1, 0.15) is 5.75 Å². The first-order valence-corrected chi connectivity index (χ1v) is 8.05. The van der Waals surface area contributed by atoms with Gasteiger partial charge in [0.05, 0.1) is 12.2 Å². The van der Waals surface area contributed by atoms with Gasteiger partial charge >= 0.3 is 5.97 Å². The molecule has 1 aromatic rings. The maximum Gasteiger partial charge on any atom is 0.336 e. The van der Waals surface area contributed by atoms with Crippen molar-refractivity contribution in [3.8, 4) is 5.75 Å². The second-order valence-corrected chi connectivity index (χ2v) is 6.23. The van der Waals surface area contributed by atoms with Gasteiger partial charge in [0, 0.05) is 0 Å². The molecule has 0 atom stereocenters. The topological polar surface area (TPSA) is 46.5 Å². The average molecular weight is 290 g/mol. The molecule has 0 aliphatic heterocycles. The summed E-state index contributed by atoms with van der Waals surface area (Å²) in [6.45, 7) is 4.37. The smallest absolute Gasteiger partial charge is 0.336 e. The van der Waals surface area contributed by atoms with Crippen LogP contribution in [0.5, 0.6) is 5.75 Å². The molecule has 0 bridgehead atoms. The van der Waals surface area contributed by atoms with Gasteiger partial charge < -0.3 is 9.84 Å². The predicted octanol–water partition coefficient (Wildman–Crippen LogP) is 4.74. The van der Waals surface area contributed by atoms with E-state index < -0.39 is 5.97 Å². The Morgan fingerprint density at radius 2 is 1.81 bits per heavy atom. The van der Waals surface area contributed by atoms with Crippen molar-refractivity contribution in [1.29, 1.82) is 0 Å². The van der Waals surface area contributed by atoms with Gasteiger partial charge in [-0.2, -0.15) is 0 Å². The van der Waals surface area contributed by atoms with Gasteiger partial charge in [-0.15, -0.1) is 0 Å². The van der Waals surface area contributed by atoms with Crippen LogP contribution in [-0.4, -0.2) is 17.7 Å². The molecular formula is C18H26O3. The van der Waals surface area contributed by atoms with Crippen molar-refractivity contribution in [2.45, 2.75) is 58.8 Å². The van der Waals surface area contributed by atoms with Crippen molar-refractivity contribution in [1.82, 2.24) is 0 Å². The number of carboxylic acid groups (broad SMARTS) is 1. The standard InChI is InChI=1S/C18H26O3/c1-13-11-16(12-14(2)17(13)18(19)20)21-10-6-9-15-7-4-3-5-8-15/h11-12,15H,3-10H2,1-2H3,(H,19,20). The quantitative estimate of drug-likeness (QED) is 0.770. The normalized spacial score (nSPS) is 15.9. The molecule has 1 saturated carbocycles. The van der Waals surface area contributed by atoms with Crippen molar-refractivity contribution in [2.24, 2.45) is 5.92 Å². The van der Waals surface area contributed by atoms with Crippen LogP contribution in [-0.2, 0) is 0 Å². The third kappa shape index (κ3) is 4.48. The van der Waals surface area contributed by atoms with Crippen LogP contribution >= 0.6 is 0 Å². The molecule has 0 amide bonds. The zero-order valence-electron chi connectivity index (χ0n) is 13.2. The molecule has 3 heteroatoms. The lowest BCUT2D eigenvalue weighted by atomic mass is 9.86. The Morgan fingerprint density at radius 1 is 1.19 bits per heavy atom. The number of ether oxygens (including phenoxy) is 1. The van der Waals surface area contributed by atoms with E-state index in [0.29, 0.717) is 5.56 Å². The van der Waals surface area contributed by atoms with Gasteiger partial charge in [0.2, 0.25) is 0 Å². The first-order valence-electron chi connectivity index (χ1n) is 8.05. The summed E-state index contributed by atoms with van der Waals surface area (Å²) in [6, 6.07) is 3.66. The molecule has 1 aromatic carbocycles. The van der Waals surface area contributed by atoms with Crippen LogP contribution in [0.4, 0.5) is 0 Å². The van der Waals surface area contributed by atoms with E-state index >= 15 is 0 Å². The monoisotopic (exact) mass is 290 g/mol. The van der Waals surface area contributed by atoms with E-state index in [9.17, 15) is 4.79 Å². The Bertz CT molecular complexity index is 464. The number of aryl methyl sites for hydroxylation is 2. The third-order valence-electron chi connectivity index (χ3n) is 4.47. The van der Waals surface area contributed by atoms with Gasteiger partial charge in [0.15, 0.2) is 0 Å². The summed E-state index contributed by atoms with van der Waals surface area (Å²) in [5.74, 6) is 0.813. The predicted molar refractivity (Wildman–Crippen MR) is 84.2 cm³/mol. The molecule has 2 rings (SSSR count). The van der Waals surface area contributed by atoms with E-state index in [-0.39, 0.29) is 0 Å². The third-order valence-corrected chi connectivity index (χ3v) is 4.47. The molecule has 21 heavy (non-hydrogen) atoms. The van der Waals surface area contributed by atoms with Gasteiger partial charge in [-0.3, -0.25) is 0 Å². The highest BCUT2D eigenvalue weighted by Gasteiger charge is 2.14. The Hall–Kier alpha value is -1.51. The minimum atomic E-state index is -0.867. The summed E-state index contributed by atoms with van der Waals surface area (Å²) in [4.78, 5) is 11.1. The summed E-state index contributed by atoms with van der Waals surface area (Å²) in [7, 11) is 0. The molecule has 1 N–H and O–H groups in total. The molecule has 0 radical (unpaired) electrons. The highest BCUT2D eigenvalue weighted by molar-refractivity contribution is 5.91. The average Bonchev–Trinajstić information content (AvgIpc) is 2.43. The summed E-state index contributed by atoms with van der Waals surface area (Å²) >= 11 is 0. The van der Waals surface area contributed by atoms with Crippen molar-refractivity contribution in [3.05, 3.63) is 28.8 Å². The van der Waals surface area contributed by atoms with Gasteiger partial charge in [-0.25, -0.2) is 4.79 Å². The van der Waals surface area contributed by atoms with Gasteiger partial charge in [-0.1, -0.05) is 32.1 Å². The van der Waals surface area contributed by atoms with Crippen LogP contribution < -0.4 is 4.74 Å². The maximum atomic E-state index is 11.1. The molecule has 116 valence electrons. The molecule has 1 aliphatic rings. The van der Waals surface area contributed by atoms with E-state index in [2.05, 4.69) is 0 Å². The first kappa shape index (κ1) is 15.9. The number of benzene rings is 1. The molecule has 0 saturated heterocycles. The SMILES string of the molecule is Cc1cc(OCCCC2CCCCC2)cc(C)c1C(=O)O. The van der Waals surface area contributed by atoms with Crippen molar-refractivity contribution in [3.63, 3.8) is 0 Å².